The van der Waals surface area contributed by atoms with Crippen LogP contribution in [0.25, 0.3) is 0 Å². The molecule has 1 saturated heterocycles. The molecule has 2 aromatic carbocycles. The molecule has 0 aliphatic carbocycles. The van der Waals surface area contributed by atoms with Crippen LogP contribution < -0.4 is 10.2 Å². The Morgan fingerprint density at radius 2 is 1.85 bits per heavy atom. The zero-order valence-electron chi connectivity index (χ0n) is 14.7. The maximum Gasteiger partial charge on any atom is 0.270 e. The first-order chi connectivity index (χ1) is 12.6. The molecule has 136 valence electrons. The molecule has 1 fully saturated rings. The average Bonchev–Trinajstić information content (AvgIpc) is 3.20. The number of carbonyl (C=O) groups excluding carboxylic acids is 1. The fourth-order valence-corrected chi connectivity index (χ4v) is 3.21. The molecule has 1 N–H and O–H groups in total. The molecule has 0 bridgehead atoms. The Morgan fingerprint density at radius 1 is 1.12 bits per heavy atom. The first-order valence-electron chi connectivity index (χ1n) is 9.00. The molecule has 0 radical (unpaired) electrons. The van der Waals surface area contributed by atoms with E-state index in [2.05, 4.69) is 34.5 Å². The third kappa shape index (κ3) is 4.59. The summed E-state index contributed by atoms with van der Waals surface area (Å²) in [6, 6.07) is 14.4. The fourth-order valence-electron chi connectivity index (χ4n) is 3.21. The van der Waals surface area contributed by atoms with Gasteiger partial charge >= 0.3 is 0 Å². The Balaban J connectivity index is 1.44. The van der Waals surface area contributed by atoms with Gasteiger partial charge in [0.05, 0.1) is 4.92 Å². The van der Waals surface area contributed by atoms with E-state index in [-0.39, 0.29) is 11.6 Å². The second-order valence-corrected chi connectivity index (χ2v) is 6.53. The molecule has 2 aromatic rings. The minimum absolute atomic E-state index is 0.0734. The van der Waals surface area contributed by atoms with Crippen molar-refractivity contribution < 1.29 is 9.72 Å². The second kappa shape index (κ2) is 8.47. The van der Waals surface area contributed by atoms with Crippen LogP contribution in [0.5, 0.6) is 0 Å². The third-order valence-corrected chi connectivity index (χ3v) is 4.65. The zero-order valence-corrected chi connectivity index (χ0v) is 14.7. The van der Waals surface area contributed by atoms with Crippen molar-refractivity contribution in [3.63, 3.8) is 0 Å². The van der Waals surface area contributed by atoms with Gasteiger partial charge in [-0.2, -0.15) is 0 Å². The van der Waals surface area contributed by atoms with Crippen molar-refractivity contribution in [3.05, 3.63) is 69.8 Å². The van der Waals surface area contributed by atoms with E-state index in [1.54, 1.807) is 6.07 Å². The third-order valence-electron chi connectivity index (χ3n) is 4.65. The van der Waals surface area contributed by atoms with Crippen molar-refractivity contribution in [2.75, 3.05) is 24.5 Å². The highest BCUT2D eigenvalue weighted by Crippen LogP contribution is 2.20. The van der Waals surface area contributed by atoms with Crippen molar-refractivity contribution in [1.82, 2.24) is 5.32 Å². The van der Waals surface area contributed by atoms with Crippen LogP contribution in [0.3, 0.4) is 0 Å². The van der Waals surface area contributed by atoms with Crippen LogP contribution >= 0.6 is 0 Å². The number of amides is 1. The molecule has 1 heterocycles. The minimum atomic E-state index is -0.497. The Bertz CT molecular complexity index is 768. The van der Waals surface area contributed by atoms with Gasteiger partial charge in [0.2, 0.25) is 0 Å². The molecule has 26 heavy (non-hydrogen) atoms. The Labute approximate surface area is 153 Å². The number of hydrogen-bond donors (Lipinski definition) is 1. The first kappa shape index (κ1) is 17.9. The Hall–Kier alpha value is -2.89. The Morgan fingerprint density at radius 3 is 2.54 bits per heavy atom. The van der Waals surface area contributed by atoms with E-state index < -0.39 is 4.92 Å². The molecule has 1 aliphatic rings. The summed E-state index contributed by atoms with van der Waals surface area (Å²) >= 11 is 0. The van der Waals surface area contributed by atoms with Crippen LogP contribution in [-0.2, 0) is 6.42 Å². The molecule has 1 aliphatic heterocycles. The SMILES string of the molecule is O=C(NCCCc1ccc(N2CCCC2)cc1)c1cccc([N+](=O)[O-])c1. The number of anilines is 1. The maximum atomic E-state index is 12.1. The molecular weight excluding hydrogens is 330 g/mol. The van der Waals surface area contributed by atoms with Gasteiger partial charge in [-0.3, -0.25) is 14.9 Å². The second-order valence-electron chi connectivity index (χ2n) is 6.53. The number of benzene rings is 2. The lowest BCUT2D eigenvalue weighted by Crippen LogP contribution is -2.24. The van der Waals surface area contributed by atoms with Gasteiger partial charge in [-0.1, -0.05) is 18.2 Å². The van der Waals surface area contributed by atoms with E-state index in [0.717, 1.165) is 25.9 Å². The van der Waals surface area contributed by atoms with Crippen molar-refractivity contribution in [1.29, 1.82) is 0 Å². The number of nitrogens with zero attached hydrogens (tertiary/aromatic N) is 2. The van der Waals surface area contributed by atoms with Gasteiger partial charge in [0, 0.05) is 43.0 Å². The zero-order chi connectivity index (χ0) is 18.4. The van der Waals surface area contributed by atoms with Crippen LogP contribution in [-0.4, -0.2) is 30.5 Å². The van der Waals surface area contributed by atoms with Crippen molar-refractivity contribution >= 4 is 17.3 Å². The molecule has 1 amide bonds. The molecule has 0 saturated carbocycles. The molecule has 0 unspecified atom stereocenters. The molecule has 6 nitrogen and oxygen atoms in total. The van der Waals surface area contributed by atoms with Crippen LogP contribution in [0.2, 0.25) is 0 Å². The summed E-state index contributed by atoms with van der Waals surface area (Å²) in [4.78, 5) is 24.8. The highest BCUT2D eigenvalue weighted by Gasteiger charge is 2.12. The molecule has 0 aromatic heterocycles. The van der Waals surface area contributed by atoms with Gasteiger partial charge in [-0.15, -0.1) is 0 Å². The largest absolute Gasteiger partial charge is 0.372 e. The van der Waals surface area contributed by atoms with Gasteiger partial charge in [0.1, 0.15) is 0 Å². The highest BCUT2D eigenvalue weighted by molar-refractivity contribution is 5.94. The van der Waals surface area contributed by atoms with Crippen molar-refractivity contribution in [3.8, 4) is 0 Å². The van der Waals surface area contributed by atoms with Gasteiger partial charge < -0.3 is 10.2 Å². The van der Waals surface area contributed by atoms with E-state index in [0.29, 0.717) is 12.1 Å². The summed E-state index contributed by atoms with van der Waals surface area (Å²) in [5, 5.41) is 13.6. The van der Waals surface area contributed by atoms with E-state index in [9.17, 15) is 14.9 Å². The standard InChI is InChI=1S/C20H23N3O3/c24-20(17-6-3-7-19(15-17)23(25)26)21-12-4-5-16-8-10-18(11-9-16)22-13-1-2-14-22/h3,6-11,15H,1-2,4-5,12-14H2,(H,21,24). The smallest absolute Gasteiger partial charge is 0.270 e. The van der Waals surface area contributed by atoms with E-state index in [1.807, 2.05) is 0 Å². The average molecular weight is 353 g/mol. The van der Waals surface area contributed by atoms with Crippen LogP contribution in [0.4, 0.5) is 11.4 Å². The predicted molar refractivity (Wildman–Crippen MR) is 102 cm³/mol. The van der Waals surface area contributed by atoms with Crippen molar-refractivity contribution in [2.24, 2.45) is 0 Å². The summed E-state index contributed by atoms with van der Waals surface area (Å²) in [5.74, 6) is -0.280. The lowest BCUT2D eigenvalue weighted by Gasteiger charge is -2.17. The number of nitro benzene ring substituents is 1. The lowest BCUT2D eigenvalue weighted by molar-refractivity contribution is -0.384. The number of non-ortho nitro benzene ring substituents is 1. The number of nitro groups is 1. The highest BCUT2D eigenvalue weighted by atomic mass is 16.6. The number of rotatable bonds is 7. The first-order valence-corrected chi connectivity index (χ1v) is 9.00. The minimum Gasteiger partial charge on any atom is -0.372 e. The monoisotopic (exact) mass is 353 g/mol. The number of carbonyl (C=O) groups is 1. The summed E-state index contributed by atoms with van der Waals surface area (Å²) < 4.78 is 0. The normalized spacial score (nSPS) is 13.6. The quantitative estimate of drug-likeness (QED) is 0.469. The molecule has 6 heteroatoms. The maximum absolute atomic E-state index is 12.1. The van der Waals surface area contributed by atoms with Crippen LogP contribution in [0.1, 0.15) is 35.2 Å². The van der Waals surface area contributed by atoms with Gasteiger partial charge in [-0.25, -0.2) is 0 Å². The van der Waals surface area contributed by atoms with E-state index in [4.69, 9.17) is 0 Å². The lowest BCUT2D eigenvalue weighted by atomic mass is 10.1. The number of aryl methyl sites for hydroxylation is 1. The summed E-state index contributed by atoms with van der Waals surface area (Å²) in [5.41, 5.74) is 2.77. The summed E-state index contributed by atoms with van der Waals surface area (Å²) in [6.07, 6.45) is 4.25. The van der Waals surface area contributed by atoms with Crippen LogP contribution in [0.15, 0.2) is 48.5 Å². The van der Waals surface area contributed by atoms with Gasteiger partial charge in [-0.05, 0) is 49.4 Å². The summed E-state index contributed by atoms with van der Waals surface area (Å²) in [6.45, 7) is 2.82. The van der Waals surface area contributed by atoms with Crippen LogP contribution in [0, 0.1) is 10.1 Å². The van der Waals surface area contributed by atoms with E-state index >= 15 is 0 Å². The number of hydrogen-bond acceptors (Lipinski definition) is 4. The molecule has 3 rings (SSSR count). The topological polar surface area (TPSA) is 75.5 Å². The molecule has 0 atom stereocenters. The fraction of sp³-hybridized carbons (Fsp3) is 0.350. The Kier molecular flexibility index (Phi) is 5.84. The van der Waals surface area contributed by atoms with E-state index in [1.165, 1.54) is 42.3 Å². The molecule has 0 spiro atoms. The molecular formula is C20H23N3O3. The number of nitrogens with one attached hydrogen (secondary N) is 1. The predicted octanol–water partition coefficient (Wildman–Crippen LogP) is 3.56. The summed E-state index contributed by atoms with van der Waals surface area (Å²) in [7, 11) is 0. The van der Waals surface area contributed by atoms with Crippen molar-refractivity contribution in [2.45, 2.75) is 25.7 Å². The van der Waals surface area contributed by atoms with Gasteiger partial charge in [0.25, 0.3) is 11.6 Å². The van der Waals surface area contributed by atoms with Gasteiger partial charge in [0.15, 0.2) is 0 Å².